The summed E-state index contributed by atoms with van der Waals surface area (Å²) in [5.74, 6) is -0.729. The molecule has 9 heteroatoms. The van der Waals surface area contributed by atoms with Crippen LogP contribution >= 0.6 is 0 Å². The number of hydrogen-bond acceptors (Lipinski definition) is 6. The van der Waals surface area contributed by atoms with Gasteiger partial charge >= 0.3 is 0 Å². The van der Waals surface area contributed by atoms with Gasteiger partial charge in [0.2, 0.25) is 5.91 Å². The number of pyridine rings is 1. The Morgan fingerprint density at radius 2 is 1.92 bits per heavy atom. The summed E-state index contributed by atoms with van der Waals surface area (Å²) in [5, 5.41) is 12.5. The van der Waals surface area contributed by atoms with Gasteiger partial charge in [-0.05, 0) is 49.5 Å². The first-order chi connectivity index (χ1) is 17.4. The summed E-state index contributed by atoms with van der Waals surface area (Å²) >= 11 is 0. The van der Waals surface area contributed by atoms with E-state index in [-0.39, 0.29) is 28.5 Å². The quantitative estimate of drug-likeness (QED) is 0.389. The van der Waals surface area contributed by atoms with Crippen molar-refractivity contribution >= 4 is 29.4 Å². The Bertz CT molecular complexity index is 1410. The number of benzene rings is 1. The van der Waals surface area contributed by atoms with Crippen molar-refractivity contribution in [2.45, 2.75) is 26.2 Å². The van der Waals surface area contributed by atoms with Crippen molar-refractivity contribution in [1.29, 1.82) is 5.26 Å². The molecule has 184 valence electrons. The Labute approximate surface area is 208 Å². The normalized spacial score (nSPS) is 14.4. The molecule has 2 amide bonds. The fraction of sp³-hybridized carbons (Fsp3) is 0.296. The van der Waals surface area contributed by atoms with Gasteiger partial charge in [0.15, 0.2) is 0 Å². The molecule has 1 fully saturated rings. The van der Waals surface area contributed by atoms with Crippen molar-refractivity contribution in [2.24, 2.45) is 11.7 Å². The molecular weight excluding hydrogens is 456 g/mol. The number of nitrogens with zero attached hydrogens (tertiary/aromatic N) is 4. The Kier molecular flexibility index (Phi) is 7.44. The van der Waals surface area contributed by atoms with Crippen molar-refractivity contribution in [2.75, 3.05) is 24.5 Å². The maximum Gasteiger partial charge on any atom is 0.267 e. The Hall–Kier alpha value is -4.45. The molecule has 0 bridgehead atoms. The summed E-state index contributed by atoms with van der Waals surface area (Å²) in [6.07, 6.45) is 4.63. The molecule has 2 aromatic heterocycles. The van der Waals surface area contributed by atoms with E-state index in [2.05, 4.69) is 5.32 Å². The summed E-state index contributed by atoms with van der Waals surface area (Å²) < 4.78 is 1.42. The zero-order valence-electron chi connectivity index (χ0n) is 20.1. The van der Waals surface area contributed by atoms with Crippen LogP contribution in [0.25, 0.3) is 11.7 Å². The standard InChI is InChI=1S/C27H28N6O3/c1-18-6-5-13-33-24(18)31-25(32-14-10-20(11-15-32)23(29)34)22(27(33)36)16-21(17-28)26(35)30-12-9-19-7-3-2-4-8-19/h2-8,13,16,20H,9-12,14-15H2,1H3,(H2,29,34)(H,30,35)/b21-16-. The largest absolute Gasteiger partial charge is 0.369 e. The van der Waals surface area contributed by atoms with E-state index in [4.69, 9.17) is 10.7 Å². The number of hydrogen-bond donors (Lipinski definition) is 2. The molecule has 36 heavy (non-hydrogen) atoms. The molecule has 0 spiro atoms. The average molecular weight is 485 g/mol. The molecule has 0 unspecified atom stereocenters. The summed E-state index contributed by atoms with van der Waals surface area (Å²) in [6.45, 7) is 3.17. The number of nitrogens with two attached hydrogens (primary N) is 1. The Balaban J connectivity index is 1.67. The van der Waals surface area contributed by atoms with Crippen LogP contribution in [0.1, 0.15) is 29.5 Å². The summed E-state index contributed by atoms with van der Waals surface area (Å²) in [7, 11) is 0. The number of rotatable bonds is 7. The van der Waals surface area contributed by atoms with Crippen LogP contribution in [0.5, 0.6) is 0 Å². The minimum absolute atomic E-state index is 0.158. The molecule has 0 radical (unpaired) electrons. The highest BCUT2D eigenvalue weighted by Crippen LogP contribution is 2.26. The fourth-order valence-corrected chi connectivity index (χ4v) is 4.40. The van der Waals surface area contributed by atoms with Crippen molar-refractivity contribution in [3.63, 3.8) is 0 Å². The Morgan fingerprint density at radius 3 is 2.58 bits per heavy atom. The zero-order chi connectivity index (χ0) is 25.7. The fourth-order valence-electron chi connectivity index (χ4n) is 4.40. The molecule has 3 N–H and O–H groups in total. The number of carbonyl (C=O) groups excluding carboxylic acids is 2. The second-order valence-corrected chi connectivity index (χ2v) is 8.86. The molecule has 1 saturated heterocycles. The van der Waals surface area contributed by atoms with Crippen molar-refractivity contribution < 1.29 is 9.59 Å². The lowest BCUT2D eigenvalue weighted by atomic mass is 9.96. The summed E-state index contributed by atoms with van der Waals surface area (Å²) in [4.78, 5) is 44.6. The number of amides is 2. The predicted molar refractivity (Wildman–Crippen MR) is 137 cm³/mol. The van der Waals surface area contributed by atoms with Gasteiger partial charge in [0.1, 0.15) is 23.1 Å². The van der Waals surface area contributed by atoms with Crippen LogP contribution in [0.3, 0.4) is 0 Å². The van der Waals surface area contributed by atoms with E-state index in [0.717, 1.165) is 11.1 Å². The van der Waals surface area contributed by atoms with E-state index in [1.807, 2.05) is 54.3 Å². The van der Waals surface area contributed by atoms with Crippen LogP contribution in [-0.2, 0) is 16.0 Å². The first-order valence-electron chi connectivity index (χ1n) is 11.9. The third-order valence-corrected chi connectivity index (χ3v) is 6.46. The number of nitrogens with one attached hydrogen (secondary N) is 1. The predicted octanol–water partition coefficient (Wildman–Crippen LogP) is 1.97. The van der Waals surface area contributed by atoms with E-state index in [1.165, 1.54) is 10.5 Å². The number of fused-ring (bicyclic) bond motifs is 1. The molecule has 1 aromatic carbocycles. The van der Waals surface area contributed by atoms with Gasteiger partial charge in [-0.2, -0.15) is 5.26 Å². The second kappa shape index (κ2) is 10.9. The number of anilines is 1. The van der Waals surface area contributed by atoms with Crippen LogP contribution in [0, 0.1) is 24.2 Å². The third-order valence-electron chi connectivity index (χ3n) is 6.46. The molecule has 1 aliphatic heterocycles. The lowest BCUT2D eigenvalue weighted by molar-refractivity contribution is -0.122. The van der Waals surface area contributed by atoms with Gasteiger partial charge in [0, 0.05) is 31.7 Å². The monoisotopic (exact) mass is 484 g/mol. The average Bonchev–Trinajstić information content (AvgIpc) is 2.89. The number of aryl methyl sites for hydroxylation is 1. The Morgan fingerprint density at radius 1 is 1.19 bits per heavy atom. The van der Waals surface area contributed by atoms with Gasteiger partial charge in [-0.3, -0.25) is 18.8 Å². The lowest BCUT2D eigenvalue weighted by Crippen LogP contribution is -2.40. The molecule has 3 heterocycles. The zero-order valence-corrected chi connectivity index (χ0v) is 20.1. The topological polar surface area (TPSA) is 134 Å². The number of nitriles is 1. The molecule has 0 aliphatic carbocycles. The molecule has 1 aliphatic rings. The van der Waals surface area contributed by atoms with Crippen molar-refractivity contribution in [3.8, 4) is 6.07 Å². The number of carbonyl (C=O) groups is 2. The maximum atomic E-state index is 13.5. The van der Waals surface area contributed by atoms with E-state index in [9.17, 15) is 19.6 Å². The van der Waals surface area contributed by atoms with Gasteiger partial charge in [0.05, 0.1) is 5.56 Å². The van der Waals surface area contributed by atoms with Crippen LogP contribution in [0.15, 0.2) is 59.0 Å². The third kappa shape index (κ3) is 5.28. The minimum atomic E-state index is -0.555. The second-order valence-electron chi connectivity index (χ2n) is 8.86. The molecule has 0 atom stereocenters. The molecule has 9 nitrogen and oxygen atoms in total. The van der Waals surface area contributed by atoms with E-state index < -0.39 is 5.91 Å². The molecule has 3 aromatic rings. The van der Waals surface area contributed by atoms with E-state index in [1.54, 1.807) is 12.3 Å². The molecular formula is C27H28N6O3. The van der Waals surface area contributed by atoms with Gasteiger partial charge in [0.25, 0.3) is 11.5 Å². The highest BCUT2D eigenvalue weighted by Gasteiger charge is 2.27. The van der Waals surface area contributed by atoms with Gasteiger partial charge in [-0.25, -0.2) is 4.98 Å². The summed E-state index contributed by atoms with van der Waals surface area (Å²) in [5.41, 5.74) is 7.46. The van der Waals surface area contributed by atoms with Gasteiger partial charge in [-0.15, -0.1) is 0 Å². The number of piperidine rings is 1. The number of primary amides is 1. The van der Waals surface area contributed by atoms with Gasteiger partial charge in [-0.1, -0.05) is 36.4 Å². The highest BCUT2D eigenvalue weighted by atomic mass is 16.2. The molecule has 4 rings (SSSR count). The van der Waals surface area contributed by atoms with E-state index in [0.29, 0.717) is 50.4 Å². The van der Waals surface area contributed by atoms with Crippen molar-refractivity contribution in [3.05, 3.63) is 81.3 Å². The molecule has 0 saturated carbocycles. The van der Waals surface area contributed by atoms with Crippen LogP contribution in [0.2, 0.25) is 0 Å². The smallest absolute Gasteiger partial charge is 0.267 e. The van der Waals surface area contributed by atoms with Gasteiger partial charge < -0.3 is 16.0 Å². The van der Waals surface area contributed by atoms with Crippen LogP contribution < -0.4 is 21.5 Å². The van der Waals surface area contributed by atoms with Crippen molar-refractivity contribution in [1.82, 2.24) is 14.7 Å². The number of aromatic nitrogens is 2. The lowest BCUT2D eigenvalue weighted by Gasteiger charge is -2.32. The first-order valence-corrected chi connectivity index (χ1v) is 11.9. The van der Waals surface area contributed by atoms with E-state index >= 15 is 0 Å². The SMILES string of the molecule is Cc1cccn2c(=O)c(/C=C(/C#N)C(=O)NCCc3ccccc3)c(N3CCC(C(N)=O)CC3)nc12. The van der Waals surface area contributed by atoms with Crippen LogP contribution in [-0.4, -0.2) is 40.8 Å². The first kappa shape index (κ1) is 24.7. The minimum Gasteiger partial charge on any atom is -0.369 e. The highest BCUT2D eigenvalue weighted by molar-refractivity contribution is 6.02. The van der Waals surface area contributed by atoms with Crippen LogP contribution in [0.4, 0.5) is 5.82 Å². The summed E-state index contributed by atoms with van der Waals surface area (Å²) in [6, 6.07) is 15.2. The maximum absolute atomic E-state index is 13.5.